The van der Waals surface area contributed by atoms with E-state index >= 15 is 0 Å². The van der Waals surface area contributed by atoms with Crippen LogP contribution in [0.1, 0.15) is 37.8 Å². The van der Waals surface area contributed by atoms with Gasteiger partial charge in [-0.1, -0.05) is 73.5 Å². The number of hydrogen-bond acceptors (Lipinski definition) is 2. The molecule has 2 aromatic heterocycles. The van der Waals surface area contributed by atoms with Crippen LogP contribution < -0.4 is 0 Å². The first-order chi connectivity index (χ1) is 14.8. The molecule has 0 saturated carbocycles. The molecule has 0 aliphatic heterocycles. The van der Waals surface area contributed by atoms with Crippen molar-refractivity contribution in [2.24, 2.45) is 0 Å². The number of aromatic nitrogens is 1. The Kier molecular flexibility index (Phi) is 4.39. The minimum absolute atomic E-state index is 0.651. The van der Waals surface area contributed by atoms with E-state index in [0.717, 1.165) is 16.8 Å². The zero-order chi connectivity index (χ0) is 21.8. The summed E-state index contributed by atoms with van der Waals surface area (Å²) >= 11 is 1.83. The first-order valence-electron chi connectivity index (χ1n) is 10.8. The topological polar surface area (TPSA) is 12.9 Å². The number of nitrogens with zero attached hydrogens (tertiary/aromatic N) is 1. The highest BCUT2D eigenvalue weighted by molar-refractivity contribution is 7.26. The van der Waals surface area contributed by atoms with Crippen molar-refractivity contribution in [3.05, 3.63) is 89.6 Å². The van der Waals surface area contributed by atoms with Gasteiger partial charge in [0.1, 0.15) is 0 Å². The van der Waals surface area contributed by atoms with Gasteiger partial charge in [0.25, 0.3) is 0 Å². The predicted molar refractivity (Wildman–Crippen MR) is 132 cm³/mol. The Morgan fingerprint density at radius 2 is 1.60 bits per heavy atom. The van der Waals surface area contributed by atoms with Crippen LogP contribution in [0.25, 0.3) is 42.6 Å². The Hall–Kier alpha value is -2.97. The number of benzene rings is 3. The largest absolute Gasteiger partial charge is 0.256 e. The van der Waals surface area contributed by atoms with Crippen LogP contribution >= 0.6 is 11.3 Å². The molecule has 0 aliphatic carbocycles. The maximum absolute atomic E-state index is 8.42. The van der Waals surface area contributed by atoms with Crippen molar-refractivity contribution in [2.45, 2.75) is 33.6 Å². The summed E-state index contributed by atoms with van der Waals surface area (Å²) in [5, 5.41) is 2.58. The molecule has 148 valence electrons. The van der Waals surface area contributed by atoms with Gasteiger partial charge in [-0.3, -0.25) is 4.98 Å². The van der Waals surface area contributed by atoms with Crippen molar-refractivity contribution in [1.82, 2.24) is 4.98 Å². The van der Waals surface area contributed by atoms with Gasteiger partial charge in [-0.2, -0.15) is 0 Å². The molecule has 0 bridgehead atoms. The summed E-state index contributed by atoms with van der Waals surface area (Å²) in [6.07, 6.45) is 1.83. The van der Waals surface area contributed by atoms with Crippen LogP contribution in [0.5, 0.6) is 0 Å². The zero-order valence-corrected chi connectivity index (χ0v) is 18.6. The van der Waals surface area contributed by atoms with Crippen molar-refractivity contribution in [2.75, 3.05) is 0 Å². The van der Waals surface area contributed by atoms with Gasteiger partial charge in [0.05, 0.1) is 5.69 Å². The highest BCUT2D eigenvalue weighted by atomic mass is 32.1. The van der Waals surface area contributed by atoms with Gasteiger partial charge < -0.3 is 0 Å². The molecule has 0 spiro atoms. The summed E-state index contributed by atoms with van der Waals surface area (Å²) in [5.74, 6) is -0.651. The van der Waals surface area contributed by atoms with E-state index in [1.54, 1.807) is 0 Å². The molecule has 0 amide bonds. The molecule has 30 heavy (non-hydrogen) atoms. The van der Waals surface area contributed by atoms with Crippen LogP contribution in [0, 0.1) is 13.8 Å². The lowest BCUT2D eigenvalue weighted by atomic mass is 9.95. The SMILES string of the molecule is [2H]C(C)(C)c1ccnc(-c2cccc3c2sc2cccc(-c4cc(C)cc(C)c4)c23)c1. The summed E-state index contributed by atoms with van der Waals surface area (Å²) in [5.41, 5.74) is 8.16. The highest BCUT2D eigenvalue weighted by Crippen LogP contribution is 2.43. The third-order valence-corrected chi connectivity index (χ3v) is 6.87. The summed E-state index contributed by atoms with van der Waals surface area (Å²) < 4.78 is 11.0. The fourth-order valence-corrected chi connectivity index (χ4v) is 5.56. The molecule has 5 rings (SSSR count). The van der Waals surface area contributed by atoms with E-state index in [4.69, 9.17) is 1.37 Å². The third-order valence-electron chi connectivity index (χ3n) is 5.67. The highest BCUT2D eigenvalue weighted by Gasteiger charge is 2.15. The monoisotopic (exact) mass is 408 g/mol. The lowest BCUT2D eigenvalue weighted by Gasteiger charge is -2.09. The molecule has 0 N–H and O–H groups in total. The summed E-state index contributed by atoms with van der Waals surface area (Å²) in [7, 11) is 0. The van der Waals surface area contributed by atoms with Crippen molar-refractivity contribution in [1.29, 1.82) is 0 Å². The fraction of sp³-hybridized carbons (Fsp3) is 0.179. The molecule has 0 radical (unpaired) electrons. The van der Waals surface area contributed by atoms with Crippen molar-refractivity contribution < 1.29 is 1.37 Å². The first kappa shape index (κ1) is 17.9. The Morgan fingerprint density at radius 3 is 2.37 bits per heavy atom. The second-order valence-electron chi connectivity index (χ2n) is 8.27. The quantitative estimate of drug-likeness (QED) is 0.291. The minimum Gasteiger partial charge on any atom is -0.256 e. The first-order valence-corrected chi connectivity index (χ1v) is 11.1. The number of hydrogen-bond donors (Lipinski definition) is 0. The second-order valence-corrected chi connectivity index (χ2v) is 9.32. The molecular formula is C28H25NS. The molecule has 2 heterocycles. The van der Waals surface area contributed by atoms with Crippen LogP contribution in [0.2, 0.25) is 0 Å². The van der Waals surface area contributed by atoms with E-state index in [2.05, 4.69) is 79.5 Å². The van der Waals surface area contributed by atoms with Crippen LogP contribution in [-0.4, -0.2) is 4.98 Å². The standard InChI is InChI=1S/C28H25NS/c1-17(2)20-11-12-29-25(16-20)23-8-5-9-24-27-22(7-6-10-26(27)30-28(23)24)21-14-18(3)13-19(4)15-21/h5-17H,1-4H3/i17D. The molecular weight excluding hydrogens is 382 g/mol. The van der Waals surface area contributed by atoms with Gasteiger partial charge in [0, 0.05) is 33.3 Å². The average molecular weight is 409 g/mol. The molecule has 0 saturated heterocycles. The number of aryl methyl sites for hydroxylation is 2. The molecule has 0 aliphatic rings. The summed E-state index contributed by atoms with van der Waals surface area (Å²) in [6, 6.07) is 23.9. The maximum atomic E-state index is 8.42. The van der Waals surface area contributed by atoms with E-state index in [0.29, 0.717) is 0 Å². The summed E-state index contributed by atoms with van der Waals surface area (Å²) in [6.45, 7) is 8.16. The Bertz CT molecular complexity index is 1420. The van der Waals surface area contributed by atoms with Crippen LogP contribution in [0.15, 0.2) is 72.9 Å². The van der Waals surface area contributed by atoms with E-state index in [-0.39, 0.29) is 0 Å². The Balaban J connectivity index is 1.78. The van der Waals surface area contributed by atoms with Gasteiger partial charge in [-0.25, -0.2) is 0 Å². The van der Waals surface area contributed by atoms with Gasteiger partial charge in [0.15, 0.2) is 0 Å². The van der Waals surface area contributed by atoms with Crippen molar-refractivity contribution >= 4 is 31.5 Å². The molecule has 1 nitrogen and oxygen atoms in total. The van der Waals surface area contributed by atoms with Crippen molar-refractivity contribution in [3.8, 4) is 22.4 Å². The second kappa shape index (κ2) is 7.37. The van der Waals surface area contributed by atoms with E-state index in [9.17, 15) is 0 Å². The van der Waals surface area contributed by atoms with Crippen LogP contribution in [-0.2, 0) is 0 Å². The third kappa shape index (κ3) is 3.22. The lowest BCUT2D eigenvalue weighted by Crippen LogP contribution is -1.90. The number of pyridine rings is 1. The minimum atomic E-state index is -0.651. The molecule has 0 fully saturated rings. The van der Waals surface area contributed by atoms with Gasteiger partial charge in [0.2, 0.25) is 0 Å². The molecule has 2 heteroatoms. The molecule has 5 aromatic rings. The Labute approximate surface area is 183 Å². The number of thiophene rings is 1. The zero-order valence-electron chi connectivity index (χ0n) is 18.8. The number of fused-ring (bicyclic) bond motifs is 3. The molecule has 0 unspecified atom stereocenters. The van der Waals surface area contributed by atoms with E-state index in [1.165, 1.54) is 42.4 Å². The van der Waals surface area contributed by atoms with Gasteiger partial charge >= 0.3 is 0 Å². The lowest BCUT2D eigenvalue weighted by molar-refractivity contribution is 0.864. The van der Waals surface area contributed by atoms with Crippen molar-refractivity contribution in [3.63, 3.8) is 0 Å². The average Bonchev–Trinajstić information content (AvgIpc) is 3.11. The number of rotatable bonds is 3. The maximum Gasteiger partial charge on any atom is 0.0719 e. The van der Waals surface area contributed by atoms with E-state index < -0.39 is 5.89 Å². The van der Waals surface area contributed by atoms with Gasteiger partial charge in [-0.15, -0.1) is 11.3 Å². The Morgan fingerprint density at radius 1 is 0.867 bits per heavy atom. The smallest absolute Gasteiger partial charge is 0.0719 e. The predicted octanol–water partition coefficient (Wildman–Crippen LogP) is 8.52. The van der Waals surface area contributed by atoms with E-state index in [1.807, 2.05) is 37.4 Å². The molecule has 3 aromatic carbocycles. The van der Waals surface area contributed by atoms with Gasteiger partial charge in [-0.05, 0) is 54.6 Å². The van der Waals surface area contributed by atoms with Crippen LogP contribution in [0.3, 0.4) is 0 Å². The van der Waals surface area contributed by atoms with Crippen LogP contribution in [0.4, 0.5) is 0 Å². The molecule has 0 atom stereocenters. The fourth-order valence-electron chi connectivity index (χ4n) is 4.31. The summed E-state index contributed by atoms with van der Waals surface area (Å²) in [4.78, 5) is 4.67. The normalized spacial score (nSPS) is 12.5.